The van der Waals surface area contributed by atoms with Gasteiger partial charge >= 0.3 is 0 Å². The number of amides is 1. The molecule has 2 heterocycles. The van der Waals surface area contributed by atoms with E-state index in [0.29, 0.717) is 20.7 Å². The Hall–Kier alpha value is -2.91. The molecule has 0 aliphatic heterocycles. The van der Waals surface area contributed by atoms with Crippen molar-refractivity contribution in [3.63, 3.8) is 0 Å². The van der Waals surface area contributed by atoms with Crippen molar-refractivity contribution in [2.45, 2.75) is 6.92 Å². The summed E-state index contributed by atoms with van der Waals surface area (Å²) in [4.78, 5) is 29.8. The Morgan fingerprint density at radius 1 is 1.33 bits per heavy atom. The first-order valence-electron chi connectivity index (χ1n) is 7.35. The first kappa shape index (κ1) is 16.0. The molecule has 3 aromatic rings. The van der Waals surface area contributed by atoms with E-state index in [9.17, 15) is 9.59 Å². The third-order valence-electron chi connectivity index (χ3n) is 3.56. The SMILES string of the molecule is Cc1c(C(=O)NCC#Cc2ccccc2)sc2ncn(C)c(=O)c12. The molecule has 6 heteroatoms. The number of aryl methyl sites for hydroxylation is 2. The lowest BCUT2D eigenvalue weighted by Crippen LogP contribution is -2.23. The fraction of sp³-hybridized carbons (Fsp3) is 0.167. The minimum Gasteiger partial charge on any atom is -0.340 e. The molecule has 0 radical (unpaired) electrons. The largest absolute Gasteiger partial charge is 0.340 e. The van der Waals surface area contributed by atoms with E-state index in [-0.39, 0.29) is 18.0 Å². The van der Waals surface area contributed by atoms with E-state index in [1.54, 1.807) is 14.0 Å². The van der Waals surface area contributed by atoms with Crippen LogP contribution in [0, 0.1) is 18.8 Å². The summed E-state index contributed by atoms with van der Waals surface area (Å²) < 4.78 is 1.41. The van der Waals surface area contributed by atoms with E-state index in [0.717, 1.165) is 5.56 Å². The molecular formula is C18H15N3O2S. The predicted molar refractivity (Wildman–Crippen MR) is 95.3 cm³/mol. The van der Waals surface area contributed by atoms with Gasteiger partial charge in [0, 0.05) is 12.6 Å². The molecule has 0 fully saturated rings. The zero-order valence-corrected chi connectivity index (χ0v) is 14.1. The summed E-state index contributed by atoms with van der Waals surface area (Å²) >= 11 is 1.22. The molecule has 0 spiro atoms. The Labute approximate surface area is 143 Å². The van der Waals surface area contributed by atoms with Gasteiger partial charge in [-0.3, -0.25) is 9.59 Å². The summed E-state index contributed by atoms with van der Waals surface area (Å²) in [6.45, 7) is 2.01. The molecule has 1 aromatic carbocycles. The fourth-order valence-corrected chi connectivity index (χ4v) is 3.35. The average molecular weight is 337 g/mol. The van der Waals surface area contributed by atoms with Gasteiger partial charge < -0.3 is 9.88 Å². The molecule has 5 nitrogen and oxygen atoms in total. The summed E-state index contributed by atoms with van der Waals surface area (Å²) in [7, 11) is 1.64. The van der Waals surface area contributed by atoms with Crippen LogP contribution < -0.4 is 10.9 Å². The van der Waals surface area contributed by atoms with Gasteiger partial charge in [-0.2, -0.15) is 0 Å². The van der Waals surface area contributed by atoms with E-state index in [4.69, 9.17) is 0 Å². The standard InChI is InChI=1S/C18H15N3O2S/c1-12-14-17(20-11-21(2)18(14)23)24-15(12)16(22)19-10-6-9-13-7-4-3-5-8-13/h3-5,7-8,11H,10H2,1-2H3,(H,19,22). The Balaban J connectivity index is 1.78. The van der Waals surface area contributed by atoms with Crippen LogP contribution in [0.4, 0.5) is 0 Å². The van der Waals surface area contributed by atoms with E-state index >= 15 is 0 Å². The monoisotopic (exact) mass is 337 g/mol. The summed E-state index contributed by atoms with van der Waals surface area (Å²) in [6, 6.07) is 9.57. The number of rotatable bonds is 2. The van der Waals surface area contributed by atoms with Crippen LogP contribution in [0.25, 0.3) is 10.2 Å². The number of hydrogen-bond donors (Lipinski definition) is 1. The zero-order chi connectivity index (χ0) is 17.1. The van der Waals surface area contributed by atoms with Gasteiger partial charge in [-0.1, -0.05) is 30.0 Å². The van der Waals surface area contributed by atoms with Gasteiger partial charge in [-0.05, 0) is 24.6 Å². The zero-order valence-electron chi connectivity index (χ0n) is 13.3. The molecule has 0 atom stereocenters. The topological polar surface area (TPSA) is 64.0 Å². The molecule has 3 rings (SSSR count). The van der Waals surface area contributed by atoms with Crippen LogP contribution in [0.2, 0.25) is 0 Å². The van der Waals surface area contributed by atoms with Crippen molar-refractivity contribution < 1.29 is 4.79 Å². The molecular weight excluding hydrogens is 322 g/mol. The van der Waals surface area contributed by atoms with Crippen LogP contribution >= 0.6 is 11.3 Å². The van der Waals surface area contributed by atoms with Gasteiger partial charge in [0.15, 0.2) is 0 Å². The van der Waals surface area contributed by atoms with E-state index in [1.165, 1.54) is 22.2 Å². The number of carbonyl (C=O) groups excluding carboxylic acids is 1. The lowest BCUT2D eigenvalue weighted by molar-refractivity contribution is 0.0962. The van der Waals surface area contributed by atoms with Crippen LogP contribution in [0.15, 0.2) is 41.5 Å². The highest BCUT2D eigenvalue weighted by Gasteiger charge is 2.18. The minimum absolute atomic E-state index is 0.142. The molecule has 0 bridgehead atoms. The van der Waals surface area contributed by atoms with Crippen molar-refractivity contribution >= 4 is 27.5 Å². The molecule has 0 aliphatic carbocycles. The number of thiophene rings is 1. The Bertz CT molecular complexity index is 1020. The van der Waals surface area contributed by atoms with Gasteiger partial charge in [0.25, 0.3) is 11.5 Å². The summed E-state index contributed by atoms with van der Waals surface area (Å²) in [5, 5.41) is 3.27. The van der Waals surface area contributed by atoms with Crippen LogP contribution in [-0.2, 0) is 7.05 Å². The highest BCUT2D eigenvalue weighted by Crippen LogP contribution is 2.26. The number of fused-ring (bicyclic) bond motifs is 1. The normalized spacial score (nSPS) is 10.2. The molecule has 0 saturated heterocycles. The van der Waals surface area contributed by atoms with E-state index in [2.05, 4.69) is 22.1 Å². The Morgan fingerprint density at radius 2 is 2.08 bits per heavy atom. The van der Waals surface area contributed by atoms with Gasteiger partial charge in [0.1, 0.15) is 4.83 Å². The number of benzene rings is 1. The fourth-order valence-electron chi connectivity index (χ4n) is 2.30. The highest BCUT2D eigenvalue weighted by molar-refractivity contribution is 7.20. The first-order chi connectivity index (χ1) is 11.6. The molecule has 0 unspecified atom stereocenters. The van der Waals surface area contributed by atoms with Crippen molar-refractivity contribution in [1.29, 1.82) is 0 Å². The third-order valence-corrected chi connectivity index (χ3v) is 4.76. The lowest BCUT2D eigenvalue weighted by Gasteiger charge is -1.99. The van der Waals surface area contributed by atoms with Crippen molar-refractivity contribution in [2.24, 2.45) is 7.05 Å². The quantitative estimate of drug-likeness (QED) is 0.728. The van der Waals surface area contributed by atoms with Crippen molar-refractivity contribution in [1.82, 2.24) is 14.9 Å². The molecule has 0 aliphatic rings. The van der Waals surface area contributed by atoms with Gasteiger partial charge in [0.2, 0.25) is 0 Å². The number of hydrogen-bond acceptors (Lipinski definition) is 4. The van der Waals surface area contributed by atoms with Crippen molar-refractivity contribution in [3.05, 3.63) is 63.0 Å². The summed E-state index contributed by atoms with van der Waals surface area (Å²) in [6.07, 6.45) is 1.47. The molecule has 0 saturated carbocycles. The van der Waals surface area contributed by atoms with E-state index < -0.39 is 0 Å². The average Bonchev–Trinajstić information content (AvgIpc) is 2.93. The maximum atomic E-state index is 12.3. The maximum absolute atomic E-state index is 12.3. The molecule has 1 amide bonds. The predicted octanol–water partition coefficient (Wildman–Crippen LogP) is 2.08. The second-order valence-electron chi connectivity index (χ2n) is 5.25. The first-order valence-corrected chi connectivity index (χ1v) is 8.16. The highest BCUT2D eigenvalue weighted by atomic mass is 32.1. The van der Waals surface area contributed by atoms with Crippen LogP contribution in [-0.4, -0.2) is 22.0 Å². The van der Waals surface area contributed by atoms with E-state index in [1.807, 2.05) is 30.3 Å². The Kier molecular flexibility index (Phi) is 4.45. The van der Waals surface area contributed by atoms with Crippen molar-refractivity contribution in [3.8, 4) is 11.8 Å². The second kappa shape index (κ2) is 6.69. The maximum Gasteiger partial charge on any atom is 0.262 e. The smallest absolute Gasteiger partial charge is 0.262 e. The molecule has 2 aromatic heterocycles. The number of aromatic nitrogens is 2. The number of nitrogens with one attached hydrogen (secondary N) is 1. The second-order valence-corrected chi connectivity index (χ2v) is 6.25. The molecule has 24 heavy (non-hydrogen) atoms. The number of nitrogens with zero attached hydrogens (tertiary/aromatic N) is 2. The van der Waals surface area contributed by atoms with Gasteiger partial charge in [-0.15, -0.1) is 11.3 Å². The van der Waals surface area contributed by atoms with Gasteiger partial charge in [0.05, 0.1) is 23.1 Å². The van der Waals surface area contributed by atoms with Crippen LogP contribution in [0.1, 0.15) is 20.8 Å². The third kappa shape index (κ3) is 3.07. The summed E-state index contributed by atoms with van der Waals surface area (Å²) in [5.41, 5.74) is 1.42. The van der Waals surface area contributed by atoms with Crippen LogP contribution in [0.3, 0.4) is 0 Å². The molecule has 120 valence electrons. The van der Waals surface area contributed by atoms with Crippen LogP contribution in [0.5, 0.6) is 0 Å². The lowest BCUT2D eigenvalue weighted by atomic mass is 10.2. The van der Waals surface area contributed by atoms with Crippen molar-refractivity contribution in [2.75, 3.05) is 6.54 Å². The Morgan fingerprint density at radius 3 is 2.83 bits per heavy atom. The number of carbonyl (C=O) groups is 1. The summed E-state index contributed by atoms with van der Waals surface area (Å²) in [5.74, 6) is 5.66. The minimum atomic E-state index is -0.236. The molecule has 1 N–H and O–H groups in total. The van der Waals surface area contributed by atoms with Gasteiger partial charge in [-0.25, -0.2) is 4.98 Å².